The van der Waals surface area contributed by atoms with Gasteiger partial charge in [0.25, 0.3) is 0 Å². The molecule has 15 heavy (non-hydrogen) atoms. The van der Waals surface area contributed by atoms with E-state index in [-0.39, 0.29) is 0 Å². The summed E-state index contributed by atoms with van der Waals surface area (Å²) >= 11 is 0. The molecule has 0 saturated heterocycles. The van der Waals surface area contributed by atoms with Gasteiger partial charge in [-0.2, -0.15) is 0 Å². The van der Waals surface area contributed by atoms with Crippen molar-refractivity contribution in [1.82, 2.24) is 0 Å². The summed E-state index contributed by atoms with van der Waals surface area (Å²) in [6.45, 7) is 9.44. The van der Waals surface area contributed by atoms with Crippen molar-refractivity contribution in [1.29, 1.82) is 0 Å². The number of hydrogen-bond acceptors (Lipinski definition) is 1. The SMILES string of the molecule is CCCC1(C)[C@H](N)CC1(C)C1=C(C)CC1. The largest absolute Gasteiger partial charge is 0.327 e. The molecule has 3 atom stereocenters. The van der Waals surface area contributed by atoms with Crippen molar-refractivity contribution >= 4 is 0 Å². The Kier molecular flexibility index (Phi) is 2.50. The topological polar surface area (TPSA) is 26.0 Å². The molecule has 0 radical (unpaired) electrons. The van der Waals surface area contributed by atoms with Gasteiger partial charge < -0.3 is 5.73 Å². The van der Waals surface area contributed by atoms with Crippen molar-refractivity contribution in [3.8, 4) is 0 Å². The van der Waals surface area contributed by atoms with Crippen LogP contribution in [0.4, 0.5) is 0 Å². The van der Waals surface area contributed by atoms with Crippen molar-refractivity contribution in [2.75, 3.05) is 0 Å². The van der Waals surface area contributed by atoms with Gasteiger partial charge in [0.05, 0.1) is 0 Å². The molecule has 0 aromatic carbocycles. The summed E-state index contributed by atoms with van der Waals surface area (Å²) in [6.07, 6.45) is 6.39. The molecule has 2 unspecified atom stereocenters. The molecule has 0 bridgehead atoms. The van der Waals surface area contributed by atoms with E-state index in [1.165, 1.54) is 32.1 Å². The lowest BCUT2D eigenvalue weighted by atomic mass is 9.42. The number of allylic oxidation sites excluding steroid dienone is 2. The highest BCUT2D eigenvalue weighted by molar-refractivity contribution is 5.36. The lowest BCUT2D eigenvalue weighted by Gasteiger charge is -2.64. The average Bonchev–Trinajstić information content (AvgIpc) is 2.15. The van der Waals surface area contributed by atoms with E-state index in [2.05, 4.69) is 27.7 Å². The fraction of sp³-hybridized carbons (Fsp3) is 0.857. The molecule has 2 rings (SSSR count). The average molecular weight is 207 g/mol. The quantitative estimate of drug-likeness (QED) is 0.702. The van der Waals surface area contributed by atoms with Crippen LogP contribution in [0.25, 0.3) is 0 Å². The highest BCUT2D eigenvalue weighted by atomic mass is 14.8. The Morgan fingerprint density at radius 3 is 2.33 bits per heavy atom. The summed E-state index contributed by atoms with van der Waals surface area (Å²) in [6, 6.07) is 0.420. The molecular formula is C14H25N. The summed E-state index contributed by atoms with van der Waals surface area (Å²) in [4.78, 5) is 0. The first kappa shape index (κ1) is 11.2. The normalized spacial score (nSPS) is 45.0. The minimum absolute atomic E-state index is 0.360. The van der Waals surface area contributed by atoms with Crippen molar-refractivity contribution in [3.05, 3.63) is 11.1 Å². The summed E-state index contributed by atoms with van der Waals surface area (Å²) in [7, 11) is 0. The van der Waals surface area contributed by atoms with Gasteiger partial charge >= 0.3 is 0 Å². The summed E-state index contributed by atoms with van der Waals surface area (Å²) < 4.78 is 0. The number of hydrogen-bond donors (Lipinski definition) is 1. The maximum Gasteiger partial charge on any atom is 0.0110 e. The molecule has 2 aliphatic rings. The number of rotatable bonds is 3. The zero-order chi connectivity index (χ0) is 11.3. The van der Waals surface area contributed by atoms with Crippen LogP contribution in [0.5, 0.6) is 0 Å². The van der Waals surface area contributed by atoms with Crippen LogP contribution in [0.1, 0.15) is 59.8 Å². The third kappa shape index (κ3) is 1.25. The minimum atomic E-state index is 0.360. The molecular weight excluding hydrogens is 182 g/mol. The zero-order valence-electron chi connectivity index (χ0n) is 10.7. The Labute approximate surface area is 94.1 Å². The Hall–Kier alpha value is -0.300. The molecule has 0 amide bonds. The van der Waals surface area contributed by atoms with Crippen LogP contribution in [0.15, 0.2) is 11.1 Å². The molecule has 1 fully saturated rings. The highest BCUT2D eigenvalue weighted by Gasteiger charge is 2.59. The first-order valence-corrected chi connectivity index (χ1v) is 6.40. The monoisotopic (exact) mass is 207 g/mol. The lowest BCUT2D eigenvalue weighted by Crippen LogP contribution is -2.64. The Morgan fingerprint density at radius 2 is 2.00 bits per heavy atom. The minimum Gasteiger partial charge on any atom is -0.327 e. The van der Waals surface area contributed by atoms with Gasteiger partial charge in [0.15, 0.2) is 0 Å². The third-order valence-corrected chi connectivity index (χ3v) is 5.41. The molecule has 0 heterocycles. The van der Waals surface area contributed by atoms with E-state index < -0.39 is 0 Å². The Morgan fingerprint density at radius 1 is 1.33 bits per heavy atom. The van der Waals surface area contributed by atoms with Gasteiger partial charge in [-0.1, -0.05) is 38.3 Å². The van der Waals surface area contributed by atoms with Gasteiger partial charge in [0.1, 0.15) is 0 Å². The lowest BCUT2D eigenvalue weighted by molar-refractivity contribution is -0.0585. The van der Waals surface area contributed by atoms with Crippen LogP contribution in [0.3, 0.4) is 0 Å². The van der Waals surface area contributed by atoms with Gasteiger partial charge in [-0.25, -0.2) is 0 Å². The standard InChI is InChI=1S/C14H25N/c1-5-8-13(3)12(15)9-14(13,4)11-7-6-10(11)2/h12H,5-9,15H2,1-4H3/t12-,13?,14?/m1/s1. The smallest absolute Gasteiger partial charge is 0.0110 e. The van der Waals surface area contributed by atoms with Crippen LogP contribution in [-0.2, 0) is 0 Å². The third-order valence-electron chi connectivity index (χ3n) is 5.41. The highest BCUT2D eigenvalue weighted by Crippen LogP contribution is 2.65. The van der Waals surface area contributed by atoms with E-state index in [0.29, 0.717) is 16.9 Å². The Balaban J connectivity index is 2.26. The first-order valence-electron chi connectivity index (χ1n) is 6.40. The van der Waals surface area contributed by atoms with Gasteiger partial charge in [-0.3, -0.25) is 0 Å². The van der Waals surface area contributed by atoms with Gasteiger partial charge in [-0.05, 0) is 43.4 Å². The van der Waals surface area contributed by atoms with E-state index in [1.807, 2.05) is 0 Å². The molecule has 1 saturated carbocycles. The van der Waals surface area contributed by atoms with E-state index >= 15 is 0 Å². The molecule has 0 aliphatic heterocycles. The second-order valence-corrected chi connectivity index (χ2v) is 6.07. The van der Waals surface area contributed by atoms with Crippen molar-refractivity contribution in [2.45, 2.75) is 65.8 Å². The molecule has 1 heteroatoms. The van der Waals surface area contributed by atoms with Crippen molar-refractivity contribution in [2.24, 2.45) is 16.6 Å². The molecule has 0 spiro atoms. The molecule has 1 nitrogen and oxygen atoms in total. The van der Waals surface area contributed by atoms with Crippen LogP contribution in [-0.4, -0.2) is 6.04 Å². The molecule has 2 aliphatic carbocycles. The molecule has 0 aromatic rings. The van der Waals surface area contributed by atoms with Crippen LogP contribution in [0.2, 0.25) is 0 Å². The van der Waals surface area contributed by atoms with E-state index in [9.17, 15) is 0 Å². The molecule has 86 valence electrons. The maximum absolute atomic E-state index is 6.26. The number of nitrogens with two attached hydrogens (primary N) is 1. The van der Waals surface area contributed by atoms with Crippen LogP contribution >= 0.6 is 0 Å². The predicted octanol–water partition coefficient (Wildman–Crippen LogP) is 3.64. The maximum atomic E-state index is 6.26. The summed E-state index contributed by atoms with van der Waals surface area (Å²) in [5, 5.41) is 0. The fourth-order valence-electron chi connectivity index (χ4n) is 3.87. The van der Waals surface area contributed by atoms with Crippen molar-refractivity contribution in [3.63, 3.8) is 0 Å². The van der Waals surface area contributed by atoms with Gasteiger partial charge in [-0.15, -0.1) is 0 Å². The van der Waals surface area contributed by atoms with E-state index in [0.717, 1.165) is 0 Å². The first-order chi connectivity index (χ1) is 6.95. The Bertz CT molecular complexity index is 304. The fourth-order valence-corrected chi connectivity index (χ4v) is 3.87. The predicted molar refractivity (Wildman–Crippen MR) is 65.6 cm³/mol. The molecule has 2 N–H and O–H groups in total. The second-order valence-electron chi connectivity index (χ2n) is 6.07. The second kappa shape index (κ2) is 3.35. The summed E-state index contributed by atoms with van der Waals surface area (Å²) in [5.74, 6) is 0. The van der Waals surface area contributed by atoms with Crippen LogP contribution in [0, 0.1) is 10.8 Å². The van der Waals surface area contributed by atoms with Crippen molar-refractivity contribution < 1.29 is 0 Å². The van der Waals surface area contributed by atoms with E-state index in [4.69, 9.17) is 5.73 Å². The summed E-state index contributed by atoms with van der Waals surface area (Å²) in [5.41, 5.74) is 10.4. The zero-order valence-corrected chi connectivity index (χ0v) is 10.7. The van der Waals surface area contributed by atoms with Gasteiger partial charge in [0.2, 0.25) is 0 Å². The van der Waals surface area contributed by atoms with Crippen LogP contribution < -0.4 is 5.73 Å². The van der Waals surface area contributed by atoms with Gasteiger partial charge in [0, 0.05) is 6.04 Å². The molecule has 0 aromatic heterocycles. The van der Waals surface area contributed by atoms with E-state index in [1.54, 1.807) is 11.1 Å².